The summed E-state index contributed by atoms with van der Waals surface area (Å²) >= 11 is 5.93. The molecule has 116 valence electrons. The van der Waals surface area contributed by atoms with Crippen molar-refractivity contribution < 1.29 is 9.76 Å². The van der Waals surface area contributed by atoms with Crippen LogP contribution in [0.15, 0.2) is 36.4 Å². The zero-order valence-corrected chi connectivity index (χ0v) is 13.5. The Morgan fingerprint density at radius 2 is 1.86 bits per heavy atom. The molecule has 0 saturated carbocycles. The van der Waals surface area contributed by atoms with Crippen molar-refractivity contribution in [3.63, 3.8) is 0 Å². The molecule has 3 N–H and O–H groups in total. The summed E-state index contributed by atoms with van der Waals surface area (Å²) in [5.74, 6) is 0.396. The van der Waals surface area contributed by atoms with Crippen LogP contribution in [0.3, 0.4) is 0 Å². The predicted octanol–water partition coefficient (Wildman–Crippen LogP) is 4.76. The molecule has 2 aromatic rings. The smallest absolute Gasteiger partial charge is 0.341 e. The molecule has 0 atom stereocenters. The monoisotopic (exact) mass is 320 g/mol. The zero-order chi connectivity index (χ0) is 16.3. The third-order valence-electron chi connectivity index (χ3n) is 3.33. The largest absolute Gasteiger partial charge is 0.397 e. The van der Waals surface area contributed by atoms with E-state index in [0.29, 0.717) is 27.2 Å². The van der Waals surface area contributed by atoms with Crippen LogP contribution in [-0.4, -0.2) is 12.0 Å². The van der Waals surface area contributed by atoms with E-state index in [4.69, 9.17) is 22.2 Å². The molecule has 0 heterocycles. The van der Waals surface area contributed by atoms with Crippen molar-refractivity contribution in [1.29, 1.82) is 0 Å². The number of nitrogens with one attached hydrogen (secondary N) is 1. The molecule has 0 saturated heterocycles. The number of nitrogen functional groups attached to an aromatic ring is 1. The van der Waals surface area contributed by atoms with Crippen molar-refractivity contribution >= 4 is 34.4 Å². The molecule has 0 fully saturated rings. The summed E-state index contributed by atoms with van der Waals surface area (Å²) in [5, 5.41) is 3.59. The second-order valence-electron chi connectivity index (χ2n) is 5.23. The summed E-state index contributed by atoms with van der Waals surface area (Å²) in [5.41, 5.74) is 9.41. The van der Waals surface area contributed by atoms with Gasteiger partial charge in [0.25, 0.3) is 4.92 Å². The SMILES string of the molecule is CO[N+](=O)c1cc(Cl)ccc1Nc1ccc(C(C)C)cc1N. The third kappa shape index (κ3) is 3.49. The molecule has 0 radical (unpaired) electrons. The van der Waals surface area contributed by atoms with Crippen LogP contribution in [-0.2, 0) is 4.84 Å². The predicted molar refractivity (Wildman–Crippen MR) is 90.0 cm³/mol. The fourth-order valence-electron chi connectivity index (χ4n) is 2.06. The zero-order valence-electron chi connectivity index (χ0n) is 12.8. The fourth-order valence-corrected chi connectivity index (χ4v) is 2.23. The number of halogens is 1. The minimum absolute atomic E-state index is 0.280. The van der Waals surface area contributed by atoms with E-state index in [9.17, 15) is 4.91 Å². The number of rotatable bonds is 5. The van der Waals surface area contributed by atoms with E-state index in [1.807, 2.05) is 18.2 Å². The number of hydrogen-bond acceptors (Lipinski definition) is 4. The van der Waals surface area contributed by atoms with Crippen molar-refractivity contribution in [2.45, 2.75) is 19.8 Å². The summed E-state index contributed by atoms with van der Waals surface area (Å²) in [7, 11) is 1.30. The maximum Gasteiger partial charge on any atom is 0.341 e. The quantitative estimate of drug-likeness (QED) is 0.615. The van der Waals surface area contributed by atoms with E-state index in [1.54, 1.807) is 12.1 Å². The first kappa shape index (κ1) is 16.1. The molecule has 2 aromatic carbocycles. The van der Waals surface area contributed by atoms with E-state index in [-0.39, 0.29) is 5.69 Å². The molecular weight excluding hydrogens is 302 g/mol. The topological polar surface area (TPSA) is 67.4 Å². The molecule has 0 aliphatic carbocycles. The molecule has 0 bridgehead atoms. The Labute approximate surface area is 134 Å². The first-order valence-corrected chi connectivity index (χ1v) is 7.27. The van der Waals surface area contributed by atoms with Crippen LogP contribution in [0.4, 0.5) is 22.7 Å². The Hall–Kier alpha value is -2.27. The highest BCUT2D eigenvalue weighted by Crippen LogP contribution is 2.33. The Kier molecular flexibility index (Phi) is 4.88. The number of nitrogens with zero attached hydrogens (tertiary/aromatic N) is 1. The lowest BCUT2D eigenvalue weighted by Gasteiger charge is -2.12. The minimum Gasteiger partial charge on any atom is -0.397 e. The van der Waals surface area contributed by atoms with Gasteiger partial charge in [0.05, 0.1) is 16.3 Å². The van der Waals surface area contributed by atoms with Gasteiger partial charge in [0.2, 0.25) is 0 Å². The summed E-state index contributed by atoms with van der Waals surface area (Å²) in [6.45, 7) is 4.21. The van der Waals surface area contributed by atoms with Crippen molar-refractivity contribution in [2.75, 3.05) is 18.2 Å². The van der Waals surface area contributed by atoms with Crippen molar-refractivity contribution in [2.24, 2.45) is 0 Å². The molecule has 0 unspecified atom stereocenters. The summed E-state index contributed by atoms with van der Waals surface area (Å²) in [6, 6.07) is 10.7. The van der Waals surface area contributed by atoms with Gasteiger partial charge in [-0.25, -0.2) is 4.84 Å². The molecule has 0 aliphatic rings. The lowest BCUT2D eigenvalue weighted by molar-refractivity contribution is -0.736. The second-order valence-corrected chi connectivity index (χ2v) is 5.66. The van der Waals surface area contributed by atoms with Crippen LogP contribution in [0.5, 0.6) is 0 Å². The molecule has 0 amide bonds. The van der Waals surface area contributed by atoms with Crippen LogP contribution in [0.2, 0.25) is 5.02 Å². The van der Waals surface area contributed by atoms with Gasteiger partial charge in [-0.1, -0.05) is 31.5 Å². The van der Waals surface area contributed by atoms with Gasteiger partial charge in [0.15, 0.2) is 7.11 Å². The van der Waals surface area contributed by atoms with Gasteiger partial charge in [-0.05, 0) is 35.7 Å². The first-order chi connectivity index (χ1) is 10.4. The Bertz CT molecular complexity index is 702. The highest BCUT2D eigenvalue weighted by Gasteiger charge is 2.22. The molecule has 6 heteroatoms. The van der Waals surface area contributed by atoms with Crippen molar-refractivity contribution in [3.8, 4) is 0 Å². The van der Waals surface area contributed by atoms with Crippen LogP contribution < -0.4 is 11.1 Å². The Balaban J connectivity index is 2.37. The number of hydrogen-bond donors (Lipinski definition) is 2. The van der Waals surface area contributed by atoms with Gasteiger partial charge in [0.1, 0.15) is 5.69 Å². The van der Waals surface area contributed by atoms with Crippen LogP contribution >= 0.6 is 11.6 Å². The number of anilines is 3. The first-order valence-electron chi connectivity index (χ1n) is 6.89. The molecule has 0 aromatic heterocycles. The average molecular weight is 321 g/mol. The van der Waals surface area contributed by atoms with Crippen LogP contribution in [0.25, 0.3) is 0 Å². The van der Waals surface area contributed by atoms with Crippen LogP contribution in [0, 0.1) is 4.91 Å². The Morgan fingerprint density at radius 1 is 1.18 bits per heavy atom. The van der Waals surface area contributed by atoms with Gasteiger partial charge < -0.3 is 11.1 Å². The molecule has 2 rings (SSSR count). The van der Waals surface area contributed by atoms with Gasteiger partial charge >= 0.3 is 5.69 Å². The van der Waals surface area contributed by atoms with E-state index in [2.05, 4.69) is 19.2 Å². The maximum absolute atomic E-state index is 11.8. The molecule has 22 heavy (non-hydrogen) atoms. The third-order valence-corrected chi connectivity index (χ3v) is 3.57. The van der Waals surface area contributed by atoms with Crippen LogP contribution in [0.1, 0.15) is 25.3 Å². The van der Waals surface area contributed by atoms with Crippen molar-refractivity contribution in [1.82, 2.24) is 0 Å². The van der Waals surface area contributed by atoms with E-state index in [1.165, 1.54) is 13.2 Å². The summed E-state index contributed by atoms with van der Waals surface area (Å²) in [4.78, 5) is 16.9. The number of nitrogens with two attached hydrogens (primary N) is 1. The van der Waals surface area contributed by atoms with Gasteiger partial charge in [-0.3, -0.25) is 0 Å². The standard InChI is InChI=1S/C16H19ClN3O2/c1-10(2)11-4-6-14(13(18)8-11)19-15-7-5-12(17)9-16(15)20(21)22-3/h4-10,19H,18H2,1-3H3/q+1. The molecule has 0 spiro atoms. The van der Waals surface area contributed by atoms with Gasteiger partial charge in [0, 0.05) is 11.1 Å². The Morgan fingerprint density at radius 3 is 2.45 bits per heavy atom. The van der Waals surface area contributed by atoms with Crippen molar-refractivity contribution in [3.05, 3.63) is 51.9 Å². The lowest BCUT2D eigenvalue weighted by Crippen LogP contribution is -2.04. The number of benzene rings is 2. The summed E-state index contributed by atoms with van der Waals surface area (Å²) < 4.78 is 0. The molecule has 5 nitrogen and oxygen atoms in total. The van der Waals surface area contributed by atoms with Gasteiger partial charge in [-0.2, -0.15) is 0 Å². The average Bonchev–Trinajstić information content (AvgIpc) is 2.49. The molecule has 0 aliphatic heterocycles. The van der Waals surface area contributed by atoms with E-state index < -0.39 is 0 Å². The fraction of sp³-hybridized carbons (Fsp3) is 0.250. The molecular formula is C16H19ClN3O2+. The lowest BCUT2D eigenvalue weighted by atomic mass is 10.0. The maximum atomic E-state index is 11.8. The van der Waals surface area contributed by atoms with Gasteiger partial charge in [-0.15, -0.1) is 0 Å². The van der Waals surface area contributed by atoms with E-state index in [0.717, 1.165) is 11.3 Å². The highest BCUT2D eigenvalue weighted by atomic mass is 35.5. The highest BCUT2D eigenvalue weighted by molar-refractivity contribution is 6.30. The minimum atomic E-state index is 0.280. The normalized spacial score (nSPS) is 10.6. The summed E-state index contributed by atoms with van der Waals surface area (Å²) in [6.07, 6.45) is 0. The second kappa shape index (κ2) is 6.66. The van der Waals surface area contributed by atoms with E-state index >= 15 is 0 Å².